The summed E-state index contributed by atoms with van der Waals surface area (Å²) in [6.45, 7) is 4.33. The van der Waals surface area contributed by atoms with Crippen molar-refractivity contribution in [3.8, 4) is 0 Å². The molecule has 1 aliphatic carbocycles. The molecule has 1 atom stereocenters. The Kier molecular flexibility index (Phi) is 4.62. The van der Waals surface area contributed by atoms with Crippen LogP contribution in [0.4, 0.5) is 0 Å². The second-order valence-electron chi connectivity index (χ2n) is 6.15. The highest BCUT2D eigenvalue weighted by Crippen LogP contribution is 2.34. The molecule has 0 aromatic heterocycles. The van der Waals surface area contributed by atoms with E-state index in [1.165, 1.54) is 18.4 Å². The van der Waals surface area contributed by atoms with E-state index in [9.17, 15) is 9.90 Å². The molecule has 2 nitrogen and oxygen atoms in total. The second-order valence-corrected chi connectivity index (χ2v) is 6.15. The van der Waals surface area contributed by atoms with Crippen LogP contribution < -0.4 is 0 Å². The van der Waals surface area contributed by atoms with Crippen molar-refractivity contribution in [2.75, 3.05) is 0 Å². The summed E-state index contributed by atoms with van der Waals surface area (Å²) in [5.74, 6) is 0.287. The maximum Gasteiger partial charge on any atom is 0.307 e. The molecule has 1 aliphatic rings. The van der Waals surface area contributed by atoms with Crippen molar-refractivity contribution in [3.05, 3.63) is 35.4 Å². The molecule has 0 radical (unpaired) electrons. The molecule has 0 heterocycles. The van der Waals surface area contributed by atoms with Gasteiger partial charge in [-0.05, 0) is 43.6 Å². The van der Waals surface area contributed by atoms with E-state index in [0.717, 1.165) is 24.3 Å². The molecule has 0 amide bonds. The van der Waals surface area contributed by atoms with Crippen molar-refractivity contribution < 1.29 is 9.90 Å². The van der Waals surface area contributed by atoms with E-state index < -0.39 is 5.97 Å². The van der Waals surface area contributed by atoms with Crippen LogP contribution in [0.5, 0.6) is 0 Å². The third-order valence-electron chi connectivity index (χ3n) is 4.52. The number of carboxylic acids is 1. The maximum atomic E-state index is 11.6. The summed E-state index contributed by atoms with van der Waals surface area (Å²) in [4.78, 5) is 11.6. The SMILES string of the molecule is Cc1ccc(CC(C(=O)O)C2CCC(C)CC2)cc1. The monoisotopic (exact) mass is 260 g/mol. The largest absolute Gasteiger partial charge is 0.481 e. The zero-order chi connectivity index (χ0) is 13.8. The average molecular weight is 260 g/mol. The Morgan fingerprint density at radius 2 is 1.79 bits per heavy atom. The van der Waals surface area contributed by atoms with Gasteiger partial charge < -0.3 is 5.11 Å². The number of carbonyl (C=O) groups is 1. The zero-order valence-electron chi connectivity index (χ0n) is 11.9. The van der Waals surface area contributed by atoms with Crippen molar-refractivity contribution in [2.24, 2.45) is 17.8 Å². The van der Waals surface area contributed by atoms with E-state index >= 15 is 0 Å². The van der Waals surface area contributed by atoms with Crippen molar-refractivity contribution in [1.29, 1.82) is 0 Å². The number of rotatable bonds is 4. The molecule has 104 valence electrons. The molecule has 1 aromatic carbocycles. The standard InChI is InChI=1S/C17H24O2/c1-12-3-7-14(8-4-12)11-16(17(18)19)15-9-5-13(2)6-10-15/h3-4,7-8,13,15-16H,5-6,9-11H2,1-2H3,(H,18,19). The van der Waals surface area contributed by atoms with Crippen LogP contribution in [0, 0.1) is 24.7 Å². The maximum absolute atomic E-state index is 11.6. The Morgan fingerprint density at radius 3 is 2.32 bits per heavy atom. The van der Waals surface area contributed by atoms with Crippen LogP contribution in [-0.2, 0) is 11.2 Å². The van der Waals surface area contributed by atoms with Gasteiger partial charge in [-0.25, -0.2) is 0 Å². The first kappa shape index (κ1) is 14.1. The van der Waals surface area contributed by atoms with Gasteiger partial charge in [-0.15, -0.1) is 0 Å². The summed E-state index contributed by atoms with van der Waals surface area (Å²) in [6.07, 6.45) is 5.19. The molecule has 19 heavy (non-hydrogen) atoms. The lowest BCUT2D eigenvalue weighted by atomic mass is 9.74. The number of carboxylic acid groups (broad SMARTS) is 1. The molecular formula is C17H24O2. The zero-order valence-corrected chi connectivity index (χ0v) is 11.9. The van der Waals surface area contributed by atoms with E-state index in [-0.39, 0.29) is 5.92 Å². The van der Waals surface area contributed by atoms with Crippen LogP contribution in [0.25, 0.3) is 0 Å². The van der Waals surface area contributed by atoms with Crippen LogP contribution in [0.3, 0.4) is 0 Å². The first-order valence-corrected chi connectivity index (χ1v) is 7.34. The van der Waals surface area contributed by atoms with E-state index in [0.29, 0.717) is 12.3 Å². The lowest BCUT2D eigenvalue weighted by Crippen LogP contribution is -2.28. The number of benzene rings is 1. The summed E-state index contributed by atoms with van der Waals surface area (Å²) in [7, 11) is 0. The highest BCUT2D eigenvalue weighted by atomic mass is 16.4. The van der Waals surface area contributed by atoms with Crippen LogP contribution >= 0.6 is 0 Å². The number of hydrogen-bond acceptors (Lipinski definition) is 1. The van der Waals surface area contributed by atoms with Gasteiger partial charge in [-0.3, -0.25) is 4.79 Å². The molecule has 1 saturated carbocycles. The molecular weight excluding hydrogens is 236 g/mol. The molecule has 2 heteroatoms. The van der Waals surface area contributed by atoms with Crippen LogP contribution in [0.1, 0.15) is 43.7 Å². The summed E-state index contributed by atoms with van der Waals surface area (Å²) >= 11 is 0. The van der Waals surface area contributed by atoms with Gasteiger partial charge >= 0.3 is 5.97 Å². The highest BCUT2D eigenvalue weighted by molar-refractivity contribution is 5.70. The molecule has 0 saturated heterocycles. The van der Waals surface area contributed by atoms with Gasteiger partial charge in [0.15, 0.2) is 0 Å². The van der Waals surface area contributed by atoms with Gasteiger partial charge in [-0.2, -0.15) is 0 Å². The van der Waals surface area contributed by atoms with Gasteiger partial charge in [0.2, 0.25) is 0 Å². The number of aryl methyl sites for hydroxylation is 1. The number of hydrogen-bond donors (Lipinski definition) is 1. The molecule has 1 N–H and O–H groups in total. The molecule has 0 spiro atoms. The quantitative estimate of drug-likeness (QED) is 0.886. The molecule has 1 unspecified atom stereocenters. The fourth-order valence-corrected chi connectivity index (χ4v) is 3.12. The van der Waals surface area contributed by atoms with Crippen molar-refractivity contribution in [1.82, 2.24) is 0 Å². The Morgan fingerprint density at radius 1 is 1.21 bits per heavy atom. The van der Waals surface area contributed by atoms with E-state index in [2.05, 4.69) is 38.1 Å². The fraction of sp³-hybridized carbons (Fsp3) is 0.588. The first-order chi connectivity index (χ1) is 9.06. The second kappa shape index (κ2) is 6.23. The lowest BCUT2D eigenvalue weighted by molar-refractivity contribution is -0.144. The van der Waals surface area contributed by atoms with Gasteiger partial charge in [0, 0.05) is 0 Å². The van der Waals surface area contributed by atoms with Crippen LogP contribution in [0.2, 0.25) is 0 Å². The molecule has 1 aromatic rings. The molecule has 1 fully saturated rings. The Bertz CT molecular complexity index is 413. The van der Waals surface area contributed by atoms with Crippen LogP contribution in [-0.4, -0.2) is 11.1 Å². The normalized spacial score (nSPS) is 24.9. The van der Waals surface area contributed by atoms with Crippen LogP contribution in [0.15, 0.2) is 24.3 Å². The smallest absolute Gasteiger partial charge is 0.307 e. The summed E-state index contributed by atoms with van der Waals surface area (Å²) in [5, 5.41) is 9.51. The molecule has 0 bridgehead atoms. The third kappa shape index (κ3) is 3.82. The van der Waals surface area contributed by atoms with E-state index in [1.807, 2.05) is 0 Å². The minimum absolute atomic E-state index is 0.213. The van der Waals surface area contributed by atoms with Gasteiger partial charge in [0.05, 0.1) is 5.92 Å². The summed E-state index contributed by atoms with van der Waals surface area (Å²) < 4.78 is 0. The highest BCUT2D eigenvalue weighted by Gasteiger charge is 2.30. The van der Waals surface area contributed by atoms with Gasteiger partial charge in [0.25, 0.3) is 0 Å². The van der Waals surface area contributed by atoms with Crippen molar-refractivity contribution in [3.63, 3.8) is 0 Å². The predicted octanol–water partition coefficient (Wildman–Crippen LogP) is 4.06. The topological polar surface area (TPSA) is 37.3 Å². The Labute approximate surface area is 115 Å². The van der Waals surface area contributed by atoms with E-state index in [1.54, 1.807) is 0 Å². The summed E-state index contributed by atoms with van der Waals surface area (Å²) in [5.41, 5.74) is 2.37. The van der Waals surface area contributed by atoms with Crippen molar-refractivity contribution >= 4 is 5.97 Å². The Hall–Kier alpha value is -1.31. The van der Waals surface area contributed by atoms with Gasteiger partial charge in [0.1, 0.15) is 0 Å². The average Bonchev–Trinajstić information content (AvgIpc) is 2.39. The lowest BCUT2D eigenvalue weighted by Gasteiger charge is -2.30. The van der Waals surface area contributed by atoms with Crippen molar-refractivity contribution in [2.45, 2.75) is 46.0 Å². The van der Waals surface area contributed by atoms with Gasteiger partial charge in [-0.1, -0.05) is 49.6 Å². The fourth-order valence-electron chi connectivity index (χ4n) is 3.12. The first-order valence-electron chi connectivity index (χ1n) is 7.34. The minimum atomic E-state index is -0.625. The Balaban J connectivity index is 2.04. The number of aliphatic carboxylic acids is 1. The molecule has 2 rings (SSSR count). The third-order valence-corrected chi connectivity index (χ3v) is 4.52. The summed E-state index contributed by atoms with van der Waals surface area (Å²) in [6, 6.07) is 8.27. The van der Waals surface area contributed by atoms with E-state index in [4.69, 9.17) is 0 Å². The minimum Gasteiger partial charge on any atom is -0.481 e. The predicted molar refractivity (Wildman–Crippen MR) is 77.1 cm³/mol. The molecule has 0 aliphatic heterocycles.